The standard InChI is InChI=1S/C10H10O4/c11-7-5-3-1-2-4-6-8(12)10(14)9(7)13/h1-2,7-14H/b2-1+/t7-,8-,9+,10+/m1/s1. The Bertz CT molecular complexity index is 305. The molecule has 0 spiro atoms. The van der Waals surface area contributed by atoms with Crippen molar-refractivity contribution in [3.8, 4) is 23.7 Å². The molecule has 4 heteroatoms. The minimum Gasteiger partial charge on any atom is -0.387 e. The average molecular weight is 194 g/mol. The summed E-state index contributed by atoms with van der Waals surface area (Å²) in [5.74, 6) is 9.44. The first-order chi connectivity index (χ1) is 6.63. The third-order valence-electron chi connectivity index (χ3n) is 1.71. The smallest absolute Gasteiger partial charge is 0.143 e. The fourth-order valence-corrected chi connectivity index (χ4v) is 0.895. The summed E-state index contributed by atoms with van der Waals surface area (Å²) in [5.41, 5.74) is 0. The number of aliphatic hydroxyl groups excluding tert-OH is 4. The van der Waals surface area contributed by atoms with Crippen molar-refractivity contribution in [1.82, 2.24) is 0 Å². The monoisotopic (exact) mass is 194 g/mol. The summed E-state index contributed by atoms with van der Waals surface area (Å²) in [6.07, 6.45) is -3.09. The van der Waals surface area contributed by atoms with Gasteiger partial charge in [-0.05, 0) is 12.2 Å². The van der Waals surface area contributed by atoms with E-state index in [9.17, 15) is 20.4 Å². The molecule has 74 valence electrons. The molecule has 1 rings (SSSR count). The van der Waals surface area contributed by atoms with Gasteiger partial charge in [0.25, 0.3) is 0 Å². The maximum atomic E-state index is 9.28. The largest absolute Gasteiger partial charge is 0.387 e. The average Bonchev–Trinajstić information content (AvgIpc) is 2.19. The lowest BCUT2D eigenvalue weighted by Gasteiger charge is -2.21. The highest BCUT2D eigenvalue weighted by Crippen LogP contribution is 2.04. The van der Waals surface area contributed by atoms with Crippen molar-refractivity contribution in [2.24, 2.45) is 0 Å². The van der Waals surface area contributed by atoms with E-state index >= 15 is 0 Å². The highest BCUT2D eigenvalue weighted by atomic mass is 16.4. The topological polar surface area (TPSA) is 80.9 Å². The van der Waals surface area contributed by atoms with Gasteiger partial charge in [-0.25, -0.2) is 0 Å². The van der Waals surface area contributed by atoms with E-state index in [-0.39, 0.29) is 0 Å². The quantitative estimate of drug-likeness (QED) is 0.336. The van der Waals surface area contributed by atoms with Crippen LogP contribution in [0.2, 0.25) is 0 Å². The summed E-state index contributed by atoms with van der Waals surface area (Å²) in [6, 6.07) is 0. The number of hydrogen-bond acceptors (Lipinski definition) is 4. The minimum absolute atomic E-state index is 1.38. The van der Waals surface area contributed by atoms with Crippen LogP contribution in [-0.4, -0.2) is 44.8 Å². The van der Waals surface area contributed by atoms with Crippen LogP contribution in [0.25, 0.3) is 0 Å². The Morgan fingerprint density at radius 2 is 1.07 bits per heavy atom. The fraction of sp³-hybridized carbons (Fsp3) is 0.400. The second-order valence-electron chi connectivity index (χ2n) is 2.78. The number of hydrogen-bond donors (Lipinski definition) is 4. The van der Waals surface area contributed by atoms with Crippen LogP contribution in [0.15, 0.2) is 12.2 Å². The molecule has 0 fully saturated rings. The van der Waals surface area contributed by atoms with Crippen LogP contribution in [0.1, 0.15) is 0 Å². The van der Waals surface area contributed by atoms with Crippen LogP contribution < -0.4 is 0 Å². The van der Waals surface area contributed by atoms with Crippen molar-refractivity contribution in [2.75, 3.05) is 0 Å². The second kappa shape index (κ2) is 4.80. The maximum absolute atomic E-state index is 9.28. The highest BCUT2D eigenvalue weighted by Gasteiger charge is 2.28. The highest BCUT2D eigenvalue weighted by molar-refractivity contribution is 5.28. The fourth-order valence-electron chi connectivity index (χ4n) is 0.895. The van der Waals surface area contributed by atoms with Gasteiger partial charge in [0.2, 0.25) is 0 Å². The van der Waals surface area contributed by atoms with Gasteiger partial charge in [-0.3, -0.25) is 0 Å². The molecule has 0 aromatic rings. The molecule has 4 nitrogen and oxygen atoms in total. The maximum Gasteiger partial charge on any atom is 0.143 e. The minimum atomic E-state index is -1.53. The summed E-state index contributed by atoms with van der Waals surface area (Å²) in [7, 11) is 0. The molecule has 0 saturated carbocycles. The van der Waals surface area contributed by atoms with Crippen molar-refractivity contribution in [3.05, 3.63) is 12.2 Å². The molecule has 0 unspecified atom stereocenters. The molecule has 0 aliphatic heterocycles. The Balaban J connectivity index is 2.93. The van der Waals surface area contributed by atoms with E-state index in [1.54, 1.807) is 0 Å². The number of rotatable bonds is 0. The van der Waals surface area contributed by atoms with Gasteiger partial charge in [-0.1, -0.05) is 23.7 Å². The predicted octanol–water partition coefficient (Wildman–Crippen LogP) is -1.99. The lowest BCUT2D eigenvalue weighted by atomic mass is 10.0. The molecule has 0 amide bonds. The van der Waals surface area contributed by atoms with Crippen LogP contribution in [0.4, 0.5) is 0 Å². The van der Waals surface area contributed by atoms with Gasteiger partial charge in [-0.15, -0.1) is 0 Å². The molecule has 0 radical (unpaired) electrons. The van der Waals surface area contributed by atoms with E-state index in [1.807, 2.05) is 0 Å². The Morgan fingerprint density at radius 1 is 0.714 bits per heavy atom. The Labute approximate surface area is 81.5 Å². The summed E-state index contributed by atoms with van der Waals surface area (Å²) < 4.78 is 0. The molecule has 0 heterocycles. The van der Waals surface area contributed by atoms with E-state index < -0.39 is 24.4 Å². The molecule has 4 N–H and O–H groups in total. The van der Waals surface area contributed by atoms with Gasteiger partial charge in [0, 0.05) is 0 Å². The summed E-state index contributed by atoms with van der Waals surface area (Å²) >= 11 is 0. The van der Waals surface area contributed by atoms with Crippen LogP contribution in [0.3, 0.4) is 0 Å². The first-order valence-electron chi connectivity index (χ1n) is 4.02. The zero-order valence-corrected chi connectivity index (χ0v) is 7.25. The molecular formula is C10H10O4. The third kappa shape index (κ3) is 2.59. The van der Waals surface area contributed by atoms with Crippen molar-refractivity contribution < 1.29 is 20.4 Å². The van der Waals surface area contributed by atoms with E-state index in [0.717, 1.165) is 0 Å². The van der Waals surface area contributed by atoms with Gasteiger partial charge in [0.05, 0.1) is 0 Å². The first-order valence-corrected chi connectivity index (χ1v) is 4.02. The second-order valence-corrected chi connectivity index (χ2v) is 2.78. The SMILES string of the molecule is O[C@@H]1[C@@H](O)[C@H](O)C#C/C=C/C#C[C@H]1O. The molecule has 14 heavy (non-hydrogen) atoms. The summed E-state index contributed by atoms with van der Waals surface area (Å²) in [5, 5.41) is 37.0. The molecular weight excluding hydrogens is 184 g/mol. The molecule has 1 aliphatic rings. The van der Waals surface area contributed by atoms with E-state index in [2.05, 4.69) is 23.7 Å². The Kier molecular flexibility index (Phi) is 3.70. The normalized spacial score (nSPS) is 38.6. The van der Waals surface area contributed by atoms with Gasteiger partial charge < -0.3 is 20.4 Å². The summed E-state index contributed by atoms with van der Waals surface area (Å²) in [4.78, 5) is 0. The molecule has 0 aromatic heterocycles. The Morgan fingerprint density at radius 3 is 1.43 bits per heavy atom. The Hall–Kier alpha value is -1.30. The van der Waals surface area contributed by atoms with Crippen LogP contribution >= 0.6 is 0 Å². The van der Waals surface area contributed by atoms with Crippen molar-refractivity contribution in [2.45, 2.75) is 24.4 Å². The summed E-state index contributed by atoms with van der Waals surface area (Å²) in [6.45, 7) is 0. The van der Waals surface area contributed by atoms with Gasteiger partial charge >= 0.3 is 0 Å². The molecule has 1 aliphatic carbocycles. The predicted molar refractivity (Wildman–Crippen MR) is 48.7 cm³/mol. The van der Waals surface area contributed by atoms with Gasteiger partial charge in [-0.2, -0.15) is 0 Å². The van der Waals surface area contributed by atoms with Crippen LogP contribution in [0.5, 0.6) is 0 Å². The third-order valence-corrected chi connectivity index (χ3v) is 1.71. The number of aliphatic hydroxyl groups is 4. The molecule has 4 atom stereocenters. The van der Waals surface area contributed by atoms with Gasteiger partial charge in [0.15, 0.2) is 0 Å². The van der Waals surface area contributed by atoms with Crippen LogP contribution in [0, 0.1) is 23.7 Å². The number of allylic oxidation sites excluding steroid dienone is 2. The zero-order chi connectivity index (χ0) is 10.6. The van der Waals surface area contributed by atoms with E-state index in [1.165, 1.54) is 12.2 Å². The zero-order valence-electron chi connectivity index (χ0n) is 7.25. The first kappa shape index (κ1) is 10.8. The molecule has 0 saturated heterocycles. The van der Waals surface area contributed by atoms with Crippen molar-refractivity contribution in [3.63, 3.8) is 0 Å². The molecule has 0 bridgehead atoms. The molecule has 0 aromatic carbocycles. The lowest BCUT2D eigenvalue weighted by molar-refractivity contribution is -0.0752. The van der Waals surface area contributed by atoms with Crippen LogP contribution in [-0.2, 0) is 0 Å². The lowest BCUT2D eigenvalue weighted by Crippen LogP contribution is -2.43. The van der Waals surface area contributed by atoms with Crippen molar-refractivity contribution >= 4 is 0 Å². The van der Waals surface area contributed by atoms with Crippen molar-refractivity contribution in [1.29, 1.82) is 0 Å². The van der Waals surface area contributed by atoms with Gasteiger partial charge in [0.1, 0.15) is 24.4 Å². The van der Waals surface area contributed by atoms with E-state index in [0.29, 0.717) is 0 Å². The van der Waals surface area contributed by atoms with E-state index in [4.69, 9.17) is 0 Å².